The quantitative estimate of drug-likeness (QED) is 0.138. The van der Waals surface area contributed by atoms with Crippen molar-refractivity contribution in [2.75, 3.05) is 16.7 Å². The molecule has 0 saturated carbocycles. The summed E-state index contributed by atoms with van der Waals surface area (Å²) >= 11 is 0. The summed E-state index contributed by atoms with van der Waals surface area (Å²) in [5, 5.41) is 13.3. The van der Waals surface area contributed by atoms with E-state index in [1.807, 2.05) is 0 Å². The van der Waals surface area contributed by atoms with Crippen LogP contribution in [0.25, 0.3) is 0 Å². The molecule has 3 aliphatic rings. The number of hydrogen-bond donors (Lipinski definition) is 0. The number of ketones is 1. The van der Waals surface area contributed by atoms with Gasteiger partial charge in [0.1, 0.15) is 16.0 Å². The van der Waals surface area contributed by atoms with Gasteiger partial charge in [-0.25, -0.2) is 16.8 Å². The molecule has 0 spiro atoms. The van der Waals surface area contributed by atoms with Crippen molar-refractivity contribution >= 4 is 43.1 Å². The summed E-state index contributed by atoms with van der Waals surface area (Å²) in [6.07, 6.45) is 2.65. The molecule has 14 heteroatoms. The van der Waals surface area contributed by atoms with E-state index < -0.39 is 54.4 Å². The van der Waals surface area contributed by atoms with Gasteiger partial charge in [-0.2, -0.15) is 4.58 Å². The van der Waals surface area contributed by atoms with E-state index in [9.17, 15) is 35.8 Å². The van der Waals surface area contributed by atoms with Crippen LogP contribution in [-0.4, -0.2) is 53.8 Å². The number of rotatable bonds is 6. The molecule has 0 radical (unpaired) electrons. The molecular weight excluding hydrogens is 626 g/mol. The van der Waals surface area contributed by atoms with Crippen LogP contribution in [0, 0.1) is 0 Å². The summed E-state index contributed by atoms with van der Waals surface area (Å²) in [4.78, 5) is 14.6. The number of benzene rings is 2. The van der Waals surface area contributed by atoms with Gasteiger partial charge in [-0.05, 0) is 31.6 Å². The maximum atomic E-state index is 13.3. The maximum Gasteiger partial charge on any atom is 1.00 e. The Kier molecular flexibility index (Phi) is 12.5. The van der Waals surface area contributed by atoms with Crippen molar-refractivity contribution < 1.29 is 99.5 Å². The second kappa shape index (κ2) is 13.6. The Balaban J connectivity index is 0.00000242. The second-order valence-electron chi connectivity index (χ2n) is 11.1. The standard InChI is InChI=1S/C28H28N2O8S2.2CH4.2Na/c1-27(2)19-9-5-7-11-21(19)29(15-39(33,34)35)23(27)13-17-25(31)18(26(17)32)14-24-28(3,4)20-10-6-8-12-22(20)30(24)16-40(36,37)38;;;;/h5-14H,15-16H2,1-4H3,(H2-,31,32,33,34,35,36,37,38);2*1H4;;/q;;;2*+1/p-2. The first-order valence-electron chi connectivity index (χ1n) is 12.3. The number of carbonyl (C=O) groups excluding carboxylic acids is 1. The molecule has 0 amide bonds. The van der Waals surface area contributed by atoms with Crippen molar-refractivity contribution in [1.29, 1.82) is 0 Å². The Morgan fingerprint density at radius 2 is 1.36 bits per heavy atom. The Bertz CT molecular complexity index is 1840. The number of fused-ring (bicyclic) bond motifs is 2. The minimum atomic E-state index is -4.71. The van der Waals surface area contributed by atoms with Crippen LogP contribution in [0.15, 0.2) is 83.3 Å². The molecule has 0 aromatic heterocycles. The molecule has 0 atom stereocenters. The minimum Gasteiger partial charge on any atom is -0.871 e. The molecule has 0 unspecified atom stereocenters. The smallest absolute Gasteiger partial charge is 0.871 e. The van der Waals surface area contributed by atoms with Gasteiger partial charge in [-0.1, -0.05) is 70.9 Å². The normalized spacial score (nSPS) is 19.8. The topological polar surface area (TPSA) is 161 Å². The van der Waals surface area contributed by atoms with Gasteiger partial charge in [0.2, 0.25) is 11.6 Å². The molecule has 226 valence electrons. The van der Waals surface area contributed by atoms with Gasteiger partial charge < -0.3 is 19.1 Å². The van der Waals surface area contributed by atoms with Crippen molar-refractivity contribution in [3.8, 4) is 0 Å². The summed E-state index contributed by atoms with van der Waals surface area (Å²) < 4.78 is 71.7. The predicted molar refractivity (Wildman–Crippen MR) is 157 cm³/mol. The number of para-hydroxylation sites is 2. The van der Waals surface area contributed by atoms with Gasteiger partial charge in [0.05, 0.1) is 5.41 Å². The summed E-state index contributed by atoms with van der Waals surface area (Å²) in [5.41, 5.74) is 1.04. The van der Waals surface area contributed by atoms with Crippen LogP contribution in [-0.2, 0) is 35.9 Å². The van der Waals surface area contributed by atoms with Gasteiger partial charge in [-0.3, -0.25) is 4.79 Å². The average molecular weight is 661 g/mol. The van der Waals surface area contributed by atoms with Gasteiger partial charge in [0, 0.05) is 45.7 Å². The van der Waals surface area contributed by atoms with Crippen molar-refractivity contribution in [3.63, 3.8) is 0 Å². The van der Waals surface area contributed by atoms with Crippen LogP contribution in [0.2, 0.25) is 0 Å². The molecule has 2 aliphatic heterocycles. The number of nitrogens with zero attached hydrogens (tertiary/aromatic N) is 2. The first-order valence-corrected chi connectivity index (χ1v) is 15.5. The summed E-state index contributed by atoms with van der Waals surface area (Å²) in [7, 11) is -9.42. The zero-order valence-electron chi connectivity index (χ0n) is 24.2. The fourth-order valence-corrected chi connectivity index (χ4v) is 6.95. The van der Waals surface area contributed by atoms with Crippen molar-refractivity contribution in [3.05, 3.63) is 94.4 Å². The zero-order chi connectivity index (χ0) is 29.4. The summed E-state index contributed by atoms with van der Waals surface area (Å²) in [5.74, 6) is -2.97. The van der Waals surface area contributed by atoms with Crippen molar-refractivity contribution in [2.24, 2.45) is 0 Å². The molecule has 0 N–H and O–H groups in total. The maximum absolute atomic E-state index is 13.3. The number of Topliss-reactive ketones (excluding diaryl/α,β-unsaturated/α-hetero) is 1. The van der Waals surface area contributed by atoms with E-state index in [1.54, 1.807) is 76.2 Å². The Morgan fingerprint density at radius 1 is 0.818 bits per heavy atom. The Labute approximate surface area is 304 Å². The third-order valence-electron chi connectivity index (χ3n) is 7.71. The molecule has 10 nitrogen and oxygen atoms in total. The van der Waals surface area contributed by atoms with Crippen molar-refractivity contribution in [1.82, 2.24) is 0 Å². The molecule has 0 saturated heterocycles. The second-order valence-corrected chi connectivity index (χ2v) is 13.8. The van der Waals surface area contributed by atoms with Gasteiger partial charge in [0.15, 0.2) is 21.6 Å². The van der Waals surface area contributed by atoms with E-state index >= 15 is 0 Å². The minimum absolute atomic E-state index is 0. The predicted octanol–water partition coefficient (Wildman–Crippen LogP) is -2.85. The number of anilines is 1. The third kappa shape index (κ3) is 7.05. The first kappa shape index (κ1) is 40.4. The number of allylic oxidation sites excluding steroid dienone is 5. The number of hydrogen-bond acceptors (Lipinski definition) is 9. The van der Waals surface area contributed by atoms with E-state index in [-0.39, 0.29) is 85.1 Å². The monoisotopic (exact) mass is 660 g/mol. The SMILES string of the molecule is C.C.CC1(C)C(=CC2=C([O-])C(=CC3=[N+](CS(=O)(=O)[O-])c4ccccc4C3(C)C)C2=O)N(CS(=O)(=O)[O-])c2ccccc21.[Na+].[Na+]. The molecule has 2 aromatic carbocycles. The fourth-order valence-electron chi connectivity index (χ4n) is 5.77. The zero-order valence-corrected chi connectivity index (χ0v) is 29.8. The molecule has 2 heterocycles. The summed E-state index contributed by atoms with van der Waals surface area (Å²) in [6, 6.07) is 13.8. The van der Waals surface area contributed by atoms with E-state index in [1.165, 1.54) is 21.6 Å². The van der Waals surface area contributed by atoms with E-state index in [4.69, 9.17) is 0 Å². The van der Waals surface area contributed by atoms with Gasteiger partial charge in [0.25, 0.3) is 0 Å². The van der Waals surface area contributed by atoms with Crippen LogP contribution in [0.5, 0.6) is 0 Å². The third-order valence-corrected chi connectivity index (χ3v) is 8.86. The van der Waals surface area contributed by atoms with Gasteiger partial charge in [-0.15, -0.1) is 0 Å². The molecule has 0 fully saturated rings. The van der Waals surface area contributed by atoms with E-state index in [0.29, 0.717) is 22.8 Å². The molecule has 0 bridgehead atoms. The number of carbonyl (C=O) groups is 1. The van der Waals surface area contributed by atoms with Crippen LogP contribution in [0.3, 0.4) is 0 Å². The fraction of sp³-hybridized carbons (Fsp3) is 0.333. The van der Waals surface area contributed by atoms with E-state index in [2.05, 4.69) is 0 Å². The average Bonchev–Trinajstić information content (AvgIpc) is 3.18. The van der Waals surface area contributed by atoms with Crippen LogP contribution in [0.4, 0.5) is 11.4 Å². The first-order chi connectivity index (χ1) is 18.4. The van der Waals surface area contributed by atoms with Crippen LogP contribution >= 0.6 is 0 Å². The molecule has 44 heavy (non-hydrogen) atoms. The molecule has 1 aliphatic carbocycles. The van der Waals surface area contributed by atoms with Crippen molar-refractivity contribution in [2.45, 2.75) is 53.4 Å². The molecule has 5 rings (SSSR count). The van der Waals surface area contributed by atoms with Crippen LogP contribution < -0.4 is 69.1 Å². The Hall–Kier alpha value is -1.58. The van der Waals surface area contributed by atoms with Crippen LogP contribution in [0.1, 0.15) is 53.7 Å². The van der Waals surface area contributed by atoms with Gasteiger partial charge >= 0.3 is 59.1 Å². The molecule has 2 aromatic rings. The largest absolute Gasteiger partial charge is 1.00 e. The molecular formula is C30H34N2Na2O8S2. The van der Waals surface area contributed by atoms with E-state index in [0.717, 1.165) is 11.1 Å². The summed E-state index contributed by atoms with van der Waals surface area (Å²) in [6.45, 7) is 7.20. The Morgan fingerprint density at radius 3 is 1.91 bits per heavy atom.